The van der Waals surface area contributed by atoms with Gasteiger partial charge in [0.15, 0.2) is 0 Å². The van der Waals surface area contributed by atoms with Gasteiger partial charge in [-0.2, -0.15) is 0 Å². The number of anilines is 1. The number of nitro benzene ring substituents is 1. The van der Waals surface area contributed by atoms with E-state index in [1.54, 1.807) is 0 Å². The molecule has 192 valence electrons. The third-order valence-corrected chi connectivity index (χ3v) is 6.74. The van der Waals surface area contributed by atoms with Crippen LogP contribution in [-0.2, 0) is 15.0 Å². The van der Waals surface area contributed by atoms with Gasteiger partial charge in [0.05, 0.1) is 27.6 Å². The van der Waals surface area contributed by atoms with Crippen molar-refractivity contribution < 1.29 is 19.6 Å². The highest BCUT2D eigenvalue weighted by molar-refractivity contribution is 6.51. The number of amides is 1. The molecule has 5 rings (SSSR count). The first-order valence-corrected chi connectivity index (χ1v) is 12.1. The van der Waals surface area contributed by atoms with Crippen LogP contribution in [0.15, 0.2) is 72.3 Å². The Labute approximate surface area is 218 Å². The molecule has 1 atom stereocenters. The molecule has 1 fully saturated rings. The minimum absolute atomic E-state index is 0.115. The number of aliphatic hydroxyl groups excluding tert-OH is 1. The molecule has 1 aliphatic heterocycles. The Kier molecular flexibility index (Phi) is 5.86. The normalized spacial score (nSPS) is 17.4. The highest BCUT2D eigenvalue weighted by atomic mass is 16.6. The first-order chi connectivity index (χ1) is 18.0. The number of non-ortho nitro benzene ring substituents is 1. The maximum Gasteiger partial charge on any atom is 0.302 e. The minimum atomic E-state index is -0.971. The van der Waals surface area contributed by atoms with Crippen LogP contribution < -0.4 is 4.90 Å². The number of ketones is 1. The zero-order valence-electron chi connectivity index (χ0n) is 21.4. The number of Topliss-reactive ketones (excluding diaryl/α,β-unsaturated/α-hetero) is 1. The molecule has 2 N–H and O–H groups in total. The number of carbonyl (C=O) groups excluding carboxylic acids is 2. The van der Waals surface area contributed by atoms with Crippen molar-refractivity contribution in [3.05, 3.63) is 105 Å². The fourth-order valence-electron chi connectivity index (χ4n) is 4.65. The molecule has 4 aromatic rings. The SMILES string of the molecule is Cc1ccc2nc(N3C(=O)C(=O)/C(=C(/O)c4ccc([N+](=O)[O-])cc4)C3c3ccc(C(C)(C)C)cc3)[nH]c2c1. The molecule has 1 amide bonds. The van der Waals surface area contributed by atoms with Crippen LogP contribution in [0, 0.1) is 17.0 Å². The molecule has 0 radical (unpaired) electrons. The van der Waals surface area contributed by atoms with Crippen molar-refractivity contribution in [2.24, 2.45) is 0 Å². The lowest BCUT2D eigenvalue weighted by Crippen LogP contribution is -2.30. The Balaban J connectivity index is 1.70. The van der Waals surface area contributed by atoms with Crippen LogP contribution in [-0.4, -0.2) is 31.7 Å². The number of benzene rings is 3. The van der Waals surface area contributed by atoms with Crippen LogP contribution >= 0.6 is 0 Å². The minimum Gasteiger partial charge on any atom is -0.507 e. The second kappa shape index (κ2) is 8.95. The van der Waals surface area contributed by atoms with E-state index in [2.05, 4.69) is 30.7 Å². The van der Waals surface area contributed by atoms with Crippen molar-refractivity contribution in [2.75, 3.05) is 4.90 Å². The summed E-state index contributed by atoms with van der Waals surface area (Å²) in [6.45, 7) is 8.18. The average Bonchev–Trinajstić information content (AvgIpc) is 3.40. The Morgan fingerprint density at radius 3 is 2.29 bits per heavy atom. The van der Waals surface area contributed by atoms with Crippen molar-refractivity contribution in [3.8, 4) is 0 Å². The van der Waals surface area contributed by atoms with Gasteiger partial charge in [-0.05, 0) is 53.3 Å². The van der Waals surface area contributed by atoms with Gasteiger partial charge in [0, 0.05) is 17.7 Å². The fraction of sp³-hybridized carbons (Fsp3) is 0.207. The second-order valence-corrected chi connectivity index (χ2v) is 10.4. The van der Waals surface area contributed by atoms with Crippen LogP contribution in [0.1, 0.15) is 49.1 Å². The standard InChI is InChI=1S/C29H26N4O5/c1-16-5-14-21-22(15-16)31-28(30-21)32-24(17-6-10-19(11-7-17)29(2,3)4)23(26(35)27(32)36)25(34)18-8-12-20(13-9-18)33(37)38/h5-15,24,34H,1-4H3,(H,30,31)/b25-23+. The molecule has 1 aliphatic rings. The van der Waals surface area contributed by atoms with E-state index in [1.165, 1.54) is 29.2 Å². The third kappa shape index (κ3) is 4.21. The Bertz CT molecular complexity index is 1630. The van der Waals surface area contributed by atoms with Crippen molar-refractivity contribution in [1.29, 1.82) is 0 Å². The number of imidazole rings is 1. The average molecular weight is 511 g/mol. The van der Waals surface area contributed by atoms with Gasteiger partial charge < -0.3 is 10.1 Å². The van der Waals surface area contributed by atoms with E-state index in [-0.39, 0.29) is 28.2 Å². The number of H-pyrrole nitrogens is 1. The summed E-state index contributed by atoms with van der Waals surface area (Å²) < 4.78 is 0. The van der Waals surface area contributed by atoms with Gasteiger partial charge in [0.1, 0.15) is 5.76 Å². The summed E-state index contributed by atoms with van der Waals surface area (Å²) in [7, 11) is 0. The number of aryl methyl sites for hydroxylation is 1. The predicted molar refractivity (Wildman–Crippen MR) is 144 cm³/mol. The number of aliphatic hydroxyl groups is 1. The van der Waals surface area contributed by atoms with E-state index >= 15 is 0 Å². The van der Waals surface area contributed by atoms with Crippen molar-refractivity contribution in [2.45, 2.75) is 39.2 Å². The van der Waals surface area contributed by atoms with Crippen molar-refractivity contribution in [3.63, 3.8) is 0 Å². The molecular weight excluding hydrogens is 484 g/mol. The number of nitro groups is 1. The van der Waals surface area contributed by atoms with Gasteiger partial charge in [-0.1, -0.05) is 51.1 Å². The Morgan fingerprint density at radius 2 is 1.68 bits per heavy atom. The number of nitrogens with one attached hydrogen (secondary N) is 1. The smallest absolute Gasteiger partial charge is 0.302 e. The summed E-state index contributed by atoms with van der Waals surface area (Å²) in [4.78, 5) is 46.3. The number of hydrogen-bond acceptors (Lipinski definition) is 6. The van der Waals surface area contributed by atoms with E-state index < -0.39 is 28.4 Å². The highest BCUT2D eigenvalue weighted by Crippen LogP contribution is 2.42. The number of fused-ring (bicyclic) bond motifs is 1. The largest absolute Gasteiger partial charge is 0.507 e. The van der Waals surface area contributed by atoms with Crippen LogP contribution in [0.25, 0.3) is 16.8 Å². The lowest BCUT2D eigenvalue weighted by molar-refractivity contribution is -0.384. The molecule has 0 aliphatic carbocycles. The van der Waals surface area contributed by atoms with Gasteiger partial charge in [-0.3, -0.25) is 24.6 Å². The van der Waals surface area contributed by atoms with E-state index in [4.69, 9.17) is 0 Å². The molecule has 1 unspecified atom stereocenters. The molecule has 2 heterocycles. The molecule has 1 saturated heterocycles. The monoisotopic (exact) mass is 510 g/mol. The lowest BCUT2D eigenvalue weighted by atomic mass is 9.85. The molecule has 38 heavy (non-hydrogen) atoms. The lowest BCUT2D eigenvalue weighted by Gasteiger charge is -2.24. The number of aromatic amines is 1. The molecule has 0 saturated carbocycles. The van der Waals surface area contributed by atoms with Gasteiger partial charge in [0.25, 0.3) is 11.5 Å². The third-order valence-electron chi connectivity index (χ3n) is 6.74. The summed E-state index contributed by atoms with van der Waals surface area (Å²) in [6.07, 6.45) is 0. The number of nitrogens with zero attached hydrogens (tertiary/aromatic N) is 3. The van der Waals surface area contributed by atoms with E-state index in [9.17, 15) is 24.8 Å². The molecular formula is C29H26N4O5. The summed E-state index contributed by atoms with van der Waals surface area (Å²) in [5.74, 6) is -1.95. The number of aromatic nitrogens is 2. The topological polar surface area (TPSA) is 129 Å². The first-order valence-electron chi connectivity index (χ1n) is 12.1. The summed E-state index contributed by atoms with van der Waals surface area (Å²) >= 11 is 0. The molecule has 0 bridgehead atoms. The van der Waals surface area contributed by atoms with E-state index in [1.807, 2.05) is 49.4 Å². The van der Waals surface area contributed by atoms with Gasteiger partial charge >= 0.3 is 5.91 Å². The molecule has 9 heteroatoms. The summed E-state index contributed by atoms with van der Waals surface area (Å²) in [6, 6.07) is 17.4. The molecule has 1 aromatic heterocycles. The van der Waals surface area contributed by atoms with Gasteiger partial charge in [-0.15, -0.1) is 0 Å². The van der Waals surface area contributed by atoms with Crippen LogP contribution in [0.2, 0.25) is 0 Å². The Hall–Kier alpha value is -4.79. The number of carbonyl (C=O) groups is 2. The maximum absolute atomic E-state index is 13.4. The summed E-state index contributed by atoms with van der Waals surface area (Å²) in [5, 5.41) is 22.4. The molecule has 9 nitrogen and oxygen atoms in total. The zero-order valence-corrected chi connectivity index (χ0v) is 21.4. The van der Waals surface area contributed by atoms with Crippen molar-refractivity contribution in [1.82, 2.24) is 9.97 Å². The van der Waals surface area contributed by atoms with Crippen LogP contribution in [0.5, 0.6) is 0 Å². The van der Waals surface area contributed by atoms with Gasteiger partial charge in [-0.25, -0.2) is 4.98 Å². The number of rotatable bonds is 4. The first kappa shape index (κ1) is 24.9. The Morgan fingerprint density at radius 1 is 1.03 bits per heavy atom. The predicted octanol–water partition coefficient (Wildman–Crippen LogP) is 5.70. The van der Waals surface area contributed by atoms with Crippen molar-refractivity contribution >= 4 is 40.1 Å². The quantitative estimate of drug-likeness (QED) is 0.119. The molecule has 0 spiro atoms. The zero-order chi connectivity index (χ0) is 27.4. The second-order valence-electron chi connectivity index (χ2n) is 10.4. The molecule has 3 aromatic carbocycles. The fourth-order valence-corrected chi connectivity index (χ4v) is 4.65. The van der Waals surface area contributed by atoms with Crippen LogP contribution in [0.4, 0.5) is 11.6 Å². The number of hydrogen-bond donors (Lipinski definition) is 2. The van der Waals surface area contributed by atoms with Gasteiger partial charge in [0.2, 0.25) is 5.95 Å². The highest BCUT2D eigenvalue weighted by Gasteiger charge is 2.48. The summed E-state index contributed by atoms with van der Waals surface area (Å²) in [5.41, 5.74) is 3.80. The van der Waals surface area contributed by atoms with Crippen LogP contribution in [0.3, 0.4) is 0 Å². The van der Waals surface area contributed by atoms with E-state index in [0.717, 1.165) is 11.1 Å². The maximum atomic E-state index is 13.4. The van der Waals surface area contributed by atoms with E-state index in [0.29, 0.717) is 16.6 Å².